The second-order valence-corrected chi connectivity index (χ2v) is 1.80. The zero-order valence-corrected chi connectivity index (χ0v) is 9.31. The molecule has 1 heterocycles. The van der Waals surface area contributed by atoms with E-state index in [9.17, 15) is 0 Å². The molecular formula is C5H8N2OSZn. The Morgan fingerprint density at radius 3 is 2.30 bits per heavy atom. The van der Waals surface area contributed by atoms with Gasteiger partial charge in [-0.3, -0.25) is 0 Å². The van der Waals surface area contributed by atoms with Crippen molar-refractivity contribution in [2.45, 2.75) is 0 Å². The maximum absolute atomic E-state index is 8.73. The number of hydrogen-bond donors (Lipinski definition) is 2. The van der Waals surface area contributed by atoms with Gasteiger partial charge in [0.15, 0.2) is 0 Å². The molecule has 5 heteroatoms. The summed E-state index contributed by atoms with van der Waals surface area (Å²) in [6, 6.07) is 5.13. The van der Waals surface area contributed by atoms with Gasteiger partial charge in [0.05, 0.1) is 0 Å². The van der Waals surface area contributed by atoms with Gasteiger partial charge >= 0.3 is 0 Å². The quantitative estimate of drug-likeness (QED) is 0.388. The zero-order valence-electron chi connectivity index (χ0n) is 5.53. The van der Waals surface area contributed by atoms with Crippen LogP contribution in [0.4, 0.5) is 0 Å². The smallest absolute Gasteiger partial charge is 0.142 e. The molecule has 0 saturated heterocycles. The molecule has 1 aromatic rings. The molecule has 0 aliphatic heterocycles. The molecule has 0 aromatic carbocycles. The van der Waals surface area contributed by atoms with Crippen LogP contribution in [-0.4, -0.2) is 9.94 Å². The molecule has 0 fully saturated rings. The normalized spacial score (nSPS) is 7.20. The van der Waals surface area contributed by atoms with Crippen molar-refractivity contribution < 1.29 is 24.7 Å². The second-order valence-electron chi connectivity index (χ2n) is 1.38. The molecule has 0 spiro atoms. The fraction of sp³-hybridized carbons (Fsp3) is 0. The van der Waals surface area contributed by atoms with E-state index in [1.165, 1.54) is 6.20 Å². The standard InChI is InChI=1S/C5H5NOS.H3N.Zn/c7-6-4-2-1-3-5(6)8;;/h1-4,7H;1H3;. The van der Waals surface area contributed by atoms with Gasteiger partial charge in [-0.15, -0.1) is 0 Å². The minimum atomic E-state index is 0. The van der Waals surface area contributed by atoms with Crippen LogP contribution in [0.25, 0.3) is 0 Å². The van der Waals surface area contributed by atoms with Crippen LogP contribution in [0.5, 0.6) is 0 Å². The Bertz CT molecular complexity index is 237. The Morgan fingerprint density at radius 2 is 2.00 bits per heavy atom. The van der Waals surface area contributed by atoms with Gasteiger partial charge in [-0.1, -0.05) is 18.3 Å². The Morgan fingerprint density at radius 1 is 1.40 bits per heavy atom. The minimum Gasteiger partial charge on any atom is -0.428 e. The molecule has 0 amide bonds. The summed E-state index contributed by atoms with van der Waals surface area (Å²) in [7, 11) is 0. The number of rotatable bonds is 0. The van der Waals surface area contributed by atoms with Crippen LogP contribution in [0, 0.1) is 4.64 Å². The van der Waals surface area contributed by atoms with E-state index in [-0.39, 0.29) is 25.6 Å². The van der Waals surface area contributed by atoms with E-state index in [1.807, 2.05) is 0 Å². The van der Waals surface area contributed by atoms with Crippen molar-refractivity contribution in [1.82, 2.24) is 10.9 Å². The summed E-state index contributed by atoms with van der Waals surface area (Å²) in [4.78, 5) is 0. The van der Waals surface area contributed by atoms with Gasteiger partial charge in [0.1, 0.15) is 4.64 Å². The van der Waals surface area contributed by atoms with Crippen LogP contribution in [0.1, 0.15) is 0 Å². The van der Waals surface area contributed by atoms with Crippen LogP contribution in [0.2, 0.25) is 0 Å². The van der Waals surface area contributed by atoms with Crippen LogP contribution in [-0.2, 0) is 19.5 Å². The summed E-state index contributed by atoms with van der Waals surface area (Å²) < 4.78 is 1.32. The van der Waals surface area contributed by atoms with Crippen molar-refractivity contribution in [2.75, 3.05) is 0 Å². The molecule has 0 aliphatic carbocycles. The predicted molar refractivity (Wildman–Crippen MR) is 37.5 cm³/mol. The van der Waals surface area contributed by atoms with Crippen molar-refractivity contribution >= 4 is 12.2 Å². The van der Waals surface area contributed by atoms with E-state index in [2.05, 4.69) is 12.2 Å². The van der Waals surface area contributed by atoms with Gasteiger partial charge in [-0.05, 0) is 12.1 Å². The molecule has 1 aromatic heterocycles. The van der Waals surface area contributed by atoms with Gasteiger partial charge in [-0.25, -0.2) is 0 Å². The van der Waals surface area contributed by atoms with Crippen molar-refractivity contribution in [1.29, 1.82) is 0 Å². The summed E-state index contributed by atoms with van der Waals surface area (Å²) in [5.74, 6) is 0. The number of pyridine rings is 1. The van der Waals surface area contributed by atoms with E-state index in [0.717, 1.165) is 4.73 Å². The SMILES string of the molecule is N.On1ccccc1=S.[Zn]. The fourth-order valence-corrected chi connectivity index (χ4v) is 0.558. The molecule has 0 atom stereocenters. The van der Waals surface area contributed by atoms with E-state index < -0.39 is 0 Å². The number of aromatic nitrogens is 1. The third-order valence-corrected chi connectivity index (χ3v) is 1.13. The van der Waals surface area contributed by atoms with Gasteiger partial charge in [0.25, 0.3) is 0 Å². The molecule has 4 N–H and O–H groups in total. The van der Waals surface area contributed by atoms with Crippen LogP contribution >= 0.6 is 12.2 Å². The van der Waals surface area contributed by atoms with Crippen molar-refractivity contribution in [3.63, 3.8) is 0 Å². The molecule has 3 nitrogen and oxygen atoms in total. The van der Waals surface area contributed by atoms with Gasteiger partial charge in [0.2, 0.25) is 0 Å². The Balaban J connectivity index is 0. The van der Waals surface area contributed by atoms with E-state index in [1.54, 1.807) is 18.2 Å². The van der Waals surface area contributed by atoms with Crippen molar-refractivity contribution in [3.8, 4) is 0 Å². The van der Waals surface area contributed by atoms with Crippen molar-refractivity contribution in [3.05, 3.63) is 29.0 Å². The zero-order chi connectivity index (χ0) is 5.98. The Labute approximate surface area is 77.0 Å². The molecule has 1 rings (SSSR count). The number of nitrogens with zero attached hydrogens (tertiary/aromatic N) is 1. The second kappa shape index (κ2) is 5.53. The maximum Gasteiger partial charge on any atom is 0.142 e. The van der Waals surface area contributed by atoms with Crippen LogP contribution < -0.4 is 6.15 Å². The van der Waals surface area contributed by atoms with Gasteiger partial charge in [0, 0.05) is 25.7 Å². The third kappa shape index (κ3) is 3.06. The van der Waals surface area contributed by atoms with Crippen LogP contribution in [0.3, 0.4) is 0 Å². The monoisotopic (exact) mass is 208 g/mol. The average Bonchev–Trinajstić information content (AvgIpc) is 1.77. The largest absolute Gasteiger partial charge is 0.428 e. The first kappa shape index (κ1) is 12.4. The fourth-order valence-electron chi connectivity index (χ4n) is 0.419. The van der Waals surface area contributed by atoms with Crippen LogP contribution in [0.15, 0.2) is 24.4 Å². The summed E-state index contributed by atoms with van der Waals surface area (Å²) in [5.41, 5.74) is 0. The van der Waals surface area contributed by atoms with Crippen molar-refractivity contribution in [2.24, 2.45) is 0 Å². The summed E-state index contributed by atoms with van der Waals surface area (Å²) >= 11 is 4.67. The van der Waals surface area contributed by atoms with E-state index in [0.29, 0.717) is 4.64 Å². The molecule has 0 radical (unpaired) electrons. The maximum atomic E-state index is 8.73. The van der Waals surface area contributed by atoms with E-state index >= 15 is 0 Å². The Kier molecular flexibility index (Phi) is 6.88. The predicted octanol–water partition coefficient (Wildman–Crippen LogP) is 1.61. The first-order chi connectivity index (χ1) is 3.80. The summed E-state index contributed by atoms with van der Waals surface area (Å²) in [5, 5.41) is 8.73. The number of hydrogen-bond acceptors (Lipinski definition) is 3. The minimum absolute atomic E-state index is 0. The molecule has 52 valence electrons. The Hall–Kier alpha value is -0.247. The van der Waals surface area contributed by atoms with E-state index in [4.69, 9.17) is 5.21 Å². The molecule has 0 saturated carbocycles. The molecule has 0 unspecified atom stereocenters. The summed E-state index contributed by atoms with van der Waals surface area (Å²) in [6.07, 6.45) is 1.49. The van der Waals surface area contributed by atoms with Gasteiger partial charge < -0.3 is 11.4 Å². The third-order valence-electron chi connectivity index (χ3n) is 0.803. The van der Waals surface area contributed by atoms with Gasteiger partial charge in [-0.2, -0.15) is 4.73 Å². The first-order valence-electron chi connectivity index (χ1n) is 2.17. The topological polar surface area (TPSA) is 60.2 Å². The molecule has 0 bridgehead atoms. The molecular weight excluding hydrogens is 202 g/mol. The summed E-state index contributed by atoms with van der Waals surface area (Å²) in [6.45, 7) is 0. The average molecular weight is 210 g/mol. The molecule has 10 heavy (non-hydrogen) atoms. The first-order valence-corrected chi connectivity index (χ1v) is 2.58. The molecule has 0 aliphatic rings.